The predicted octanol–water partition coefficient (Wildman–Crippen LogP) is 11.3. The number of aryl methyl sites for hydroxylation is 1. The summed E-state index contributed by atoms with van der Waals surface area (Å²) in [7, 11) is 0. The molecule has 1 aliphatic carbocycles. The molecular weight excluding hydrogens is 720 g/mol. The third-order valence-electron chi connectivity index (χ3n) is 13.2. The van der Waals surface area contributed by atoms with Crippen LogP contribution >= 0.6 is 0 Å². The van der Waals surface area contributed by atoms with Gasteiger partial charge in [0.1, 0.15) is 12.3 Å². The highest BCUT2D eigenvalue weighted by Crippen LogP contribution is 2.81. The van der Waals surface area contributed by atoms with Crippen LogP contribution in [0, 0.1) is 12.3 Å². The number of hydrogen-bond donors (Lipinski definition) is 0. The number of hydrogen-bond acceptors (Lipinski definition) is 7. The molecule has 4 atom stereocenters. The molecule has 5 aromatic carbocycles. The number of anilines is 8. The van der Waals surface area contributed by atoms with Crippen LogP contribution in [0.4, 0.5) is 59.1 Å². The Morgan fingerprint density at radius 3 is 1.93 bits per heavy atom. The lowest BCUT2D eigenvalue weighted by molar-refractivity contribution is -0.137. The first-order valence-corrected chi connectivity index (χ1v) is 19.2. The summed E-state index contributed by atoms with van der Waals surface area (Å²) in [5.74, 6) is 2.08. The number of para-hydroxylation sites is 6. The molecule has 0 bridgehead atoms. The molecule has 12 rings (SSSR count). The van der Waals surface area contributed by atoms with E-state index in [4.69, 9.17) is 9.97 Å². The lowest BCUT2D eigenvalue weighted by Crippen LogP contribution is -2.50. The van der Waals surface area contributed by atoms with E-state index < -0.39 is 28.7 Å². The van der Waals surface area contributed by atoms with Gasteiger partial charge in [0.2, 0.25) is 0 Å². The van der Waals surface area contributed by atoms with Crippen LogP contribution in [0.2, 0.25) is 0 Å². The molecule has 7 aromatic rings. The van der Waals surface area contributed by atoms with Crippen LogP contribution in [0.15, 0.2) is 145 Å². The van der Waals surface area contributed by atoms with Crippen molar-refractivity contribution in [1.82, 2.24) is 15.0 Å². The molecule has 0 amide bonds. The second-order valence-corrected chi connectivity index (χ2v) is 15.9. The van der Waals surface area contributed by atoms with E-state index in [0.717, 1.165) is 68.3 Å². The van der Waals surface area contributed by atoms with Gasteiger partial charge in [-0.2, -0.15) is 13.2 Å². The van der Waals surface area contributed by atoms with Crippen molar-refractivity contribution in [2.75, 3.05) is 19.6 Å². The minimum atomic E-state index is -4.56. The average molecular weight is 754 g/mol. The first kappa shape index (κ1) is 32.6. The molecule has 6 heterocycles. The van der Waals surface area contributed by atoms with Crippen LogP contribution in [-0.4, -0.2) is 27.3 Å². The maximum atomic E-state index is 14.5. The molecule has 1 fully saturated rings. The van der Waals surface area contributed by atoms with Crippen molar-refractivity contribution in [3.05, 3.63) is 167 Å². The van der Waals surface area contributed by atoms with E-state index in [-0.39, 0.29) is 6.17 Å². The van der Waals surface area contributed by atoms with Gasteiger partial charge in [0.05, 0.1) is 28.0 Å². The van der Waals surface area contributed by atoms with Gasteiger partial charge in [0.25, 0.3) is 0 Å². The monoisotopic (exact) mass is 753 g/mol. The number of benzene rings is 5. The summed E-state index contributed by atoms with van der Waals surface area (Å²) in [6.07, 6.45) is -4.37. The number of halogens is 3. The van der Waals surface area contributed by atoms with Gasteiger partial charge in [-0.15, -0.1) is 0 Å². The number of aromatic nitrogens is 3. The largest absolute Gasteiger partial charge is 0.417 e. The average Bonchev–Trinajstić information content (AvgIpc) is 3.54. The number of pyridine rings is 1. The molecule has 0 saturated heterocycles. The van der Waals surface area contributed by atoms with Crippen LogP contribution in [0.3, 0.4) is 0 Å². The zero-order chi connectivity index (χ0) is 38.6. The normalized spacial score (nSPS) is 24.8. The Balaban J connectivity index is 1.17. The fraction of sp³-hybridized carbons (Fsp3) is 0.170. The molecule has 0 radical (unpaired) electrons. The smallest absolute Gasteiger partial charge is 0.312 e. The Kier molecular flexibility index (Phi) is 6.16. The molecule has 4 unspecified atom stereocenters. The van der Waals surface area contributed by atoms with Crippen molar-refractivity contribution in [2.24, 2.45) is 5.41 Å². The zero-order valence-electron chi connectivity index (χ0n) is 31.2. The van der Waals surface area contributed by atoms with Crippen LogP contribution in [0.1, 0.15) is 36.1 Å². The molecular formula is C47H34F3N7. The van der Waals surface area contributed by atoms with Crippen molar-refractivity contribution in [2.45, 2.75) is 44.7 Å². The zero-order valence-corrected chi connectivity index (χ0v) is 31.2. The highest BCUT2D eigenvalue weighted by molar-refractivity contribution is 6.06. The molecule has 10 heteroatoms. The molecule has 1 saturated carbocycles. The van der Waals surface area contributed by atoms with Crippen LogP contribution < -0.4 is 19.6 Å². The molecule has 7 nitrogen and oxygen atoms in total. The number of nitrogens with zero attached hydrogens (tertiary/aromatic N) is 7. The first-order chi connectivity index (χ1) is 27.6. The number of rotatable bonds is 2. The third-order valence-corrected chi connectivity index (χ3v) is 13.2. The summed E-state index contributed by atoms with van der Waals surface area (Å²) in [5, 5.41) is 0. The van der Waals surface area contributed by atoms with Crippen LogP contribution in [-0.2, 0) is 11.6 Å². The van der Waals surface area contributed by atoms with Gasteiger partial charge in [-0.1, -0.05) is 98.8 Å². The minimum absolute atomic E-state index is 0.277. The van der Waals surface area contributed by atoms with Gasteiger partial charge in [-0.25, -0.2) is 15.0 Å². The Morgan fingerprint density at radius 2 is 1.21 bits per heavy atom. The Morgan fingerprint density at radius 1 is 0.596 bits per heavy atom. The fourth-order valence-electron chi connectivity index (χ4n) is 10.7. The van der Waals surface area contributed by atoms with Gasteiger partial charge in [-0.3, -0.25) is 4.90 Å². The van der Waals surface area contributed by atoms with Crippen molar-refractivity contribution >= 4 is 62.5 Å². The van der Waals surface area contributed by atoms with Gasteiger partial charge in [-0.05, 0) is 72.2 Å². The predicted molar refractivity (Wildman–Crippen MR) is 218 cm³/mol. The summed E-state index contributed by atoms with van der Waals surface area (Å²) in [6, 6.07) is 44.5. The van der Waals surface area contributed by atoms with E-state index >= 15 is 0 Å². The Labute approximate surface area is 327 Å². The van der Waals surface area contributed by atoms with E-state index in [0.29, 0.717) is 11.5 Å². The SMILES string of the molecule is Cc1ccccc1N1c2cc(C(F)(F)F)cnc2N2c3ccccc3/C(=C3\C4(C)c5ccccc5N5c6nc7ccccc7nc6N(c6ccccc6)C5C34C)C12. The highest BCUT2D eigenvalue weighted by Gasteiger charge is 2.79. The topological polar surface area (TPSA) is 51.6 Å². The summed E-state index contributed by atoms with van der Waals surface area (Å²) >= 11 is 0. The molecule has 278 valence electrons. The molecule has 0 N–H and O–H groups in total. The summed E-state index contributed by atoms with van der Waals surface area (Å²) in [5.41, 5.74) is 9.56. The van der Waals surface area contributed by atoms with E-state index in [1.165, 1.54) is 17.2 Å². The van der Waals surface area contributed by atoms with Gasteiger partial charge < -0.3 is 14.7 Å². The molecule has 2 aromatic heterocycles. The molecule has 0 spiro atoms. The van der Waals surface area contributed by atoms with E-state index in [9.17, 15) is 13.2 Å². The summed E-state index contributed by atoms with van der Waals surface area (Å²) in [6.45, 7) is 6.72. The lowest BCUT2D eigenvalue weighted by atomic mass is 9.81. The van der Waals surface area contributed by atoms with Gasteiger partial charge in [0, 0.05) is 45.2 Å². The van der Waals surface area contributed by atoms with Crippen molar-refractivity contribution in [3.63, 3.8) is 0 Å². The maximum Gasteiger partial charge on any atom is 0.417 e. The van der Waals surface area contributed by atoms with E-state index in [2.05, 4.69) is 105 Å². The number of fused-ring (bicyclic) bond motifs is 14. The first-order valence-electron chi connectivity index (χ1n) is 19.2. The highest BCUT2D eigenvalue weighted by atomic mass is 19.4. The summed E-state index contributed by atoms with van der Waals surface area (Å²) in [4.78, 5) is 24.3. The second-order valence-electron chi connectivity index (χ2n) is 15.9. The van der Waals surface area contributed by atoms with Crippen molar-refractivity contribution < 1.29 is 13.2 Å². The fourth-order valence-corrected chi connectivity index (χ4v) is 10.7. The standard InChI is InChI=1S/C47H34F3N7/c1-27-15-7-12-22-34(27)55-37-25-28(47(48,49)50)26-51-40(37)56-35-23-13-8-18-30(35)38(43(55)56)39-45(2)31-19-9-14-24-36(31)57-42-41(52-32-20-10-11-21-33(32)53-42)54(44(57)46(39,45)3)29-16-5-4-6-17-29/h4-26,43-44H,1-3H3/b39-38-. The summed E-state index contributed by atoms with van der Waals surface area (Å²) < 4.78 is 43.4. The maximum absolute atomic E-state index is 14.5. The van der Waals surface area contributed by atoms with Crippen molar-refractivity contribution in [1.29, 1.82) is 0 Å². The van der Waals surface area contributed by atoms with E-state index in [1.807, 2.05) is 67.6 Å². The Hall–Kier alpha value is -6.68. The lowest BCUT2D eigenvalue weighted by Gasteiger charge is -2.43. The van der Waals surface area contributed by atoms with Crippen molar-refractivity contribution in [3.8, 4) is 0 Å². The number of alkyl halides is 3. The van der Waals surface area contributed by atoms with Gasteiger partial charge >= 0.3 is 6.18 Å². The van der Waals surface area contributed by atoms with Crippen LogP contribution in [0.25, 0.3) is 16.6 Å². The van der Waals surface area contributed by atoms with E-state index in [1.54, 1.807) is 0 Å². The molecule has 4 aliphatic heterocycles. The second kappa shape index (κ2) is 10.8. The minimum Gasteiger partial charge on any atom is -0.312 e. The van der Waals surface area contributed by atoms with Crippen LogP contribution in [0.5, 0.6) is 0 Å². The Bertz CT molecular complexity index is 2910. The molecule has 57 heavy (non-hydrogen) atoms. The third kappa shape index (κ3) is 3.94. The van der Waals surface area contributed by atoms with Gasteiger partial charge in [0.15, 0.2) is 17.5 Å². The molecule has 5 aliphatic rings. The quantitative estimate of drug-likeness (QED) is 0.174.